The van der Waals surface area contributed by atoms with E-state index in [0.717, 1.165) is 6.07 Å². The molecule has 3 rings (SSSR count). The zero-order valence-electron chi connectivity index (χ0n) is 10.3. The van der Waals surface area contributed by atoms with E-state index < -0.39 is 11.6 Å². The molecule has 0 saturated heterocycles. The smallest absolute Gasteiger partial charge is 0.225 e. The SMILES string of the molecule is [C-]#[N+]c1cc(Oc2c(F)cc3[nH]ncc3c2Br)ccc1F. The van der Waals surface area contributed by atoms with E-state index >= 15 is 0 Å². The monoisotopic (exact) mass is 349 g/mol. The van der Waals surface area contributed by atoms with Crippen LogP contribution in [0.2, 0.25) is 0 Å². The predicted octanol–water partition coefficient (Wildman–Crippen LogP) is 4.95. The molecule has 0 atom stereocenters. The Balaban J connectivity index is 2.08. The summed E-state index contributed by atoms with van der Waals surface area (Å²) in [5, 5.41) is 7.13. The molecule has 0 unspecified atom stereocenters. The number of nitrogens with zero attached hydrogens (tertiary/aromatic N) is 2. The summed E-state index contributed by atoms with van der Waals surface area (Å²) in [7, 11) is 0. The summed E-state index contributed by atoms with van der Waals surface area (Å²) in [5.74, 6) is -1.13. The van der Waals surface area contributed by atoms with Gasteiger partial charge >= 0.3 is 0 Å². The van der Waals surface area contributed by atoms with Gasteiger partial charge in [-0.05, 0) is 34.1 Å². The van der Waals surface area contributed by atoms with E-state index in [9.17, 15) is 8.78 Å². The molecule has 0 saturated carbocycles. The molecule has 1 N–H and O–H groups in total. The number of nitrogens with one attached hydrogen (secondary N) is 1. The van der Waals surface area contributed by atoms with Gasteiger partial charge in [-0.3, -0.25) is 5.10 Å². The highest BCUT2D eigenvalue weighted by Crippen LogP contribution is 2.38. The Hall–Kier alpha value is -2.46. The second-order valence-corrected chi connectivity index (χ2v) is 4.95. The fourth-order valence-electron chi connectivity index (χ4n) is 1.85. The lowest BCUT2D eigenvalue weighted by Gasteiger charge is -2.10. The van der Waals surface area contributed by atoms with Crippen LogP contribution in [-0.2, 0) is 0 Å². The van der Waals surface area contributed by atoms with Crippen LogP contribution in [0.1, 0.15) is 0 Å². The van der Waals surface area contributed by atoms with Gasteiger partial charge in [0.05, 0.1) is 22.8 Å². The van der Waals surface area contributed by atoms with Crippen molar-refractivity contribution >= 4 is 32.5 Å². The Bertz CT molecular complexity index is 886. The normalized spacial score (nSPS) is 10.6. The second-order valence-electron chi connectivity index (χ2n) is 4.16. The summed E-state index contributed by atoms with van der Waals surface area (Å²) in [6.07, 6.45) is 1.53. The van der Waals surface area contributed by atoms with Crippen LogP contribution in [0, 0.1) is 18.2 Å². The van der Waals surface area contributed by atoms with Crippen LogP contribution in [0.15, 0.2) is 34.9 Å². The molecule has 2 aromatic carbocycles. The van der Waals surface area contributed by atoms with Crippen LogP contribution in [0.4, 0.5) is 14.5 Å². The number of aromatic nitrogens is 2. The van der Waals surface area contributed by atoms with Gasteiger partial charge in [0, 0.05) is 11.5 Å². The zero-order valence-corrected chi connectivity index (χ0v) is 11.9. The molecule has 0 amide bonds. The highest BCUT2D eigenvalue weighted by molar-refractivity contribution is 9.10. The topological polar surface area (TPSA) is 42.3 Å². The molecule has 7 heteroatoms. The average Bonchev–Trinajstić information content (AvgIpc) is 2.93. The maximum Gasteiger partial charge on any atom is 0.225 e. The molecule has 0 radical (unpaired) electrons. The highest BCUT2D eigenvalue weighted by Gasteiger charge is 2.16. The standard InChI is InChI=1S/C14H6BrF2N3O/c1-18-12-4-7(2-3-9(12)16)21-14-10(17)5-11-8(13(14)15)6-19-20-11/h2-6H,(H,19,20). The summed E-state index contributed by atoms with van der Waals surface area (Å²) in [5.41, 5.74) is 0.334. The number of hydrogen-bond donors (Lipinski definition) is 1. The van der Waals surface area contributed by atoms with Gasteiger partial charge < -0.3 is 4.74 Å². The summed E-state index contributed by atoms with van der Waals surface area (Å²) in [6, 6.07) is 4.90. The molecule has 4 nitrogen and oxygen atoms in total. The van der Waals surface area contributed by atoms with Gasteiger partial charge in [0.15, 0.2) is 11.6 Å². The van der Waals surface area contributed by atoms with Crippen molar-refractivity contribution in [3.05, 3.63) is 58.0 Å². The van der Waals surface area contributed by atoms with E-state index in [1.54, 1.807) is 0 Å². The van der Waals surface area contributed by atoms with Crippen LogP contribution in [0.3, 0.4) is 0 Å². The Morgan fingerprint density at radius 1 is 1.24 bits per heavy atom. The first kappa shape index (κ1) is 13.5. The number of H-pyrrole nitrogens is 1. The number of fused-ring (bicyclic) bond motifs is 1. The van der Waals surface area contributed by atoms with Crippen molar-refractivity contribution in [1.82, 2.24) is 10.2 Å². The molecule has 0 aliphatic heterocycles. The third-order valence-electron chi connectivity index (χ3n) is 2.85. The summed E-state index contributed by atoms with van der Waals surface area (Å²) in [4.78, 5) is 3.03. The molecule has 0 spiro atoms. The quantitative estimate of drug-likeness (QED) is 0.665. The first-order valence-electron chi connectivity index (χ1n) is 5.76. The van der Waals surface area contributed by atoms with Crippen molar-refractivity contribution in [2.75, 3.05) is 0 Å². The number of ether oxygens (including phenoxy) is 1. The third kappa shape index (κ3) is 2.34. The highest BCUT2D eigenvalue weighted by atomic mass is 79.9. The van der Waals surface area contributed by atoms with Crippen molar-refractivity contribution in [1.29, 1.82) is 0 Å². The lowest BCUT2D eigenvalue weighted by molar-refractivity contribution is 0.440. The Kier molecular flexibility index (Phi) is 3.31. The fourth-order valence-corrected chi connectivity index (χ4v) is 2.44. The first-order valence-corrected chi connectivity index (χ1v) is 6.55. The lowest BCUT2D eigenvalue weighted by atomic mass is 10.2. The first-order chi connectivity index (χ1) is 10.1. The van der Waals surface area contributed by atoms with Gasteiger partial charge in [0.2, 0.25) is 5.69 Å². The van der Waals surface area contributed by atoms with E-state index in [1.807, 2.05) is 0 Å². The fraction of sp³-hybridized carbons (Fsp3) is 0. The van der Waals surface area contributed by atoms with Crippen molar-refractivity contribution in [3.8, 4) is 11.5 Å². The molecule has 1 heterocycles. The van der Waals surface area contributed by atoms with Gasteiger partial charge in [0.25, 0.3) is 0 Å². The molecule has 3 aromatic rings. The third-order valence-corrected chi connectivity index (χ3v) is 3.64. The Morgan fingerprint density at radius 3 is 2.81 bits per heavy atom. The van der Waals surface area contributed by atoms with Crippen LogP contribution in [-0.4, -0.2) is 10.2 Å². The minimum atomic E-state index is -0.651. The molecule has 0 aliphatic rings. The molecular formula is C14H6BrF2N3O. The van der Waals surface area contributed by atoms with Crippen LogP contribution < -0.4 is 4.74 Å². The van der Waals surface area contributed by atoms with Gasteiger partial charge in [-0.25, -0.2) is 13.6 Å². The molecule has 0 bridgehead atoms. The summed E-state index contributed by atoms with van der Waals surface area (Å²) in [6.45, 7) is 6.87. The maximum absolute atomic E-state index is 14.1. The van der Waals surface area contributed by atoms with E-state index in [2.05, 4.69) is 31.0 Å². The Morgan fingerprint density at radius 2 is 2.05 bits per heavy atom. The van der Waals surface area contributed by atoms with Gasteiger partial charge in [-0.15, -0.1) is 0 Å². The van der Waals surface area contributed by atoms with Gasteiger partial charge in [0.1, 0.15) is 11.6 Å². The molecular weight excluding hydrogens is 344 g/mol. The molecule has 0 fully saturated rings. The summed E-state index contributed by atoms with van der Waals surface area (Å²) >= 11 is 3.26. The van der Waals surface area contributed by atoms with E-state index in [4.69, 9.17) is 11.3 Å². The predicted molar refractivity (Wildman–Crippen MR) is 76.5 cm³/mol. The zero-order chi connectivity index (χ0) is 15.0. The number of rotatable bonds is 2. The van der Waals surface area contributed by atoms with E-state index in [-0.39, 0.29) is 17.2 Å². The number of benzene rings is 2. The number of hydrogen-bond acceptors (Lipinski definition) is 2. The van der Waals surface area contributed by atoms with Crippen molar-refractivity contribution < 1.29 is 13.5 Å². The molecule has 1 aromatic heterocycles. The van der Waals surface area contributed by atoms with Crippen molar-refractivity contribution in [2.24, 2.45) is 0 Å². The van der Waals surface area contributed by atoms with Crippen LogP contribution >= 0.6 is 15.9 Å². The van der Waals surface area contributed by atoms with Crippen molar-refractivity contribution in [3.63, 3.8) is 0 Å². The Labute approximate surface area is 126 Å². The second kappa shape index (κ2) is 5.14. The van der Waals surface area contributed by atoms with E-state index in [1.165, 1.54) is 24.4 Å². The van der Waals surface area contributed by atoms with Crippen LogP contribution in [0.5, 0.6) is 11.5 Å². The van der Waals surface area contributed by atoms with Crippen LogP contribution in [0.25, 0.3) is 15.7 Å². The lowest BCUT2D eigenvalue weighted by Crippen LogP contribution is -1.91. The number of aromatic amines is 1. The van der Waals surface area contributed by atoms with E-state index in [0.29, 0.717) is 15.4 Å². The molecule has 0 aliphatic carbocycles. The van der Waals surface area contributed by atoms with Gasteiger partial charge in [-0.2, -0.15) is 5.10 Å². The minimum Gasteiger partial charge on any atom is -0.454 e. The van der Waals surface area contributed by atoms with Gasteiger partial charge in [-0.1, -0.05) is 0 Å². The minimum absolute atomic E-state index is 0.0496. The molecule has 21 heavy (non-hydrogen) atoms. The largest absolute Gasteiger partial charge is 0.454 e. The molecule has 104 valence electrons. The number of halogens is 3. The summed E-state index contributed by atoms with van der Waals surface area (Å²) < 4.78 is 33.2. The average molecular weight is 350 g/mol. The maximum atomic E-state index is 14.1. The van der Waals surface area contributed by atoms with Crippen molar-refractivity contribution in [2.45, 2.75) is 0 Å².